The molecule has 2 aromatic rings. The molecular weight excluding hydrogens is 406 g/mol. The first kappa shape index (κ1) is 20.9. The molecule has 2 N–H and O–H groups in total. The highest BCUT2D eigenvalue weighted by molar-refractivity contribution is 7.93. The average molecular weight is 432 g/mol. The van der Waals surface area contributed by atoms with Crippen LogP contribution in [-0.2, 0) is 25.8 Å². The fourth-order valence-corrected chi connectivity index (χ4v) is 5.78. The zero-order valence-corrected chi connectivity index (χ0v) is 17.4. The van der Waals surface area contributed by atoms with E-state index < -0.39 is 20.5 Å². The lowest BCUT2D eigenvalue weighted by molar-refractivity contribution is -0.134. The van der Waals surface area contributed by atoms with E-state index in [1.54, 1.807) is 24.5 Å². The molecule has 2 heterocycles. The summed E-state index contributed by atoms with van der Waals surface area (Å²) in [5.74, 6) is -0.0876. The van der Waals surface area contributed by atoms with Gasteiger partial charge in [-0.25, -0.2) is 13.9 Å². The van der Waals surface area contributed by atoms with E-state index in [0.29, 0.717) is 5.69 Å². The second kappa shape index (κ2) is 8.41. The first-order chi connectivity index (χ1) is 14.5. The number of hydroxylamine groups is 1. The molecule has 0 spiro atoms. The first-order valence-electron chi connectivity index (χ1n) is 10.1. The number of carbonyl (C=O) groups is 1. The third-order valence-electron chi connectivity index (χ3n) is 6.00. The predicted molar refractivity (Wildman–Crippen MR) is 108 cm³/mol. The molecule has 1 saturated heterocycles. The van der Waals surface area contributed by atoms with Crippen molar-refractivity contribution in [3.8, 4) is 11.3 Å². The van der Waals surface area contributed by atoms with Crippen molar-refractivity contribution in [3.05, 3.63) is 42.4 Å². The Morgan fingerprint density at radius 1 is 1.13 bits per heavy atom. The Kier molecular flexibility index (Phi) is 5.86. The van der Waals surface area contributed by atoms with Gasteiger partial charge in [0.05, 0.1) is 22.5 Å². The van der Waals surface area contributed by atoms with Crippen molar-refractivity contribution in [2.45, 2.75) is 48.2 Å². The van der Waals surface area contributed by atoms with Crippen LogP contribution in [0.3, 0.4) is 0 Å². The molecule has 1 amide bonds. The molecule has 1 aliphatic heterocycles. The number of amides is 1. The number of aromatic nitrogens is 2. The van der Waals surface area contributed by atoms with Gasteiger partial charge in [-0.1, -0.05) is 25.0 Å². The summed E-state index contributed by atoms with van der Waals surface area (Å²) in [5, 5.41) is 9.13. The standard InChI is InChI=1S/C21H25N3O5S/c25-20(24-26)21(9-11-29-12-10-21)30(27,28)18-7-4-16(5-8-18)19-14-22-17(13-23-19)6-3-15-1-2-15/h4-5,7-8,13-15,26H,1-3,6,9-12H2,(H,24,25). The third kappa shape index (κ3) is 3.97. The minimum Gasteiger partial charge on any atom is -0.381 e. The number of benzene rings is 1. The van der Waals surface area contributed by atoms with E-state index in [9.17, 15) is 13.2 Å². The molecule has 9 heteroatoms. The molecule has 0 radical (unpaired) electrons. The van der Waals surface area contributed by atoms with Gasteiger partial charge in [0.25, 0.3) is 5.91 Å². The van der Waals surface area contributed by atoms with Gasteiger partial charge < -0.3 is 4.74 Å². The Labute approximate surface area is 175 Å². The van der Waals surface area contributed by atoms with Crippen molar-refractivity contribution in [1.82, 2.24) is 15.4 Å². The van der Waals surface area contributed by atoms with E-state index in [4.69, 9.17) is 9.94 Å². The summed E-state index contributed by atoms with van der Waals surface area (Å²) >= 11 is 0. The quantitative estimate of drug-likeness (QED) is 0.510. The summed E-state index contributed by atoms with van der Waals surface area (Å²) < 4.78 is 30.0. The minimum atomic E-state index is -4.04. The van der Waals surface area contributed by atoms with Crippen LogP contribution >= 0.6 is 0 Å². The topological polar surface area (TPSA) is 118 Å². The summed E-state index contributed by atoms with van der Waals surface area (Å²) in [6.07, 6.45) is 8.14. The van der Waals surface area contributed by atoms with Crippen LogP contribution in [0.5, 0.6) is 0 Å². The van der Waals surface area contributed by atoms with Gasteiger partial charge in [-0.05, 0) is 43.7 Å². The van der Waals surface area contributed by atoms with Crippen LogP contribution in [0.15, 0.2) is 41.6 Å². The fourth-order valence-electron chi connectivity index (χ4n) is 3.84. The SMILES string of the molecule is O=C(NO)C1(S(=O)(=O)c2ccc(-c3cnc(CCC4CC4)cn3)cc2)CCOCC1. The lowest BCUT2D eigenvalue weighted by Gasteiger charge is -2.34. The van der Waals surface area contributed by atoms with E-state index in [-0.39, 0.29) is 31.0 Å². The van der Waals surface area contributed by atoms with E-state index >= 15 is 0 Å². The van der Waals surface area contributed by atoms with E-state index in [1.165, 1.54) is 30.5 Å². The molecule has 4 rings (SSSR count). The van der Waals surface area contributed by atoms with Gasteiger partial charge in [0, 0.05) is 25.0 Å². The highest BCUT2D eigenvalue weighted by Crippen LogP contribution is 2.36. The lowest BCUT2D eigenvalue weighted by atomic mass is 9.98. The van der Waals surface area contributed by atoms with Crippen LogP contribution in [0.25, 0.3) is 11.3 Å². The molecule has 1 aromatic heterocycles. The van der Waals surface area contributed by atoms with Crippen LogP contribution in [0.2, 0.25) is 0 Å². The normalized spacial score (nSPS) is 18.7. The summed E-state index contributed by atoms with van der Waals surface area (Å²) in [4.78, 5) is 21.3. The number of hydrogen-bond donors (Lipinski definition) is 2. The van der Waals surface area contributed by atoms with E-state index in [1.807, 2.05) is 0 Å². The number of aryl methyl sites for hydroxylation is 1. The predicted octanol–water partition coefficient (Wildman–Crippen LogP) is 2.31. The number of ether oxygens (including phenoxy) is 1. The first-order valence-corrected chi connectivity index (χ1v) is 11.6. The Hall–Kier alpha value is -2.36. The summed E-state index contributed by atoms with van der Waals surface area (Å²) in [5.41, 5.74) is 3.88. The number of hydrogen-bond acceptors (Lipinski definition) is 7. The molecule has 160 valence electrons. The van der Waals surface area contributed by atoms with Crippen molar-refractivity contribution in [1.29, 1.82) is 0 Å². The molecule has 0 bridgehead atoms. The van der Waals surface area contributed by atoms with Gasteiger partial charge in [-0.2, -0.15) is 0 Å². The zero-order chi connectivity index (χ0) is 21.2. The van der Waals surface area contributed by atoms with Crippen molar-refractivity contribution in [2.24, 2.45) is 5.92 Å². The maximum Gasteiger partial charge on any atom is 0.265 e. The van der Waals surface area contributed by atoms with Crippen LogP contribution in [0, 0.1) is 5.92 Å². The van der Waals surface area contributed by atoms with Crippen LogP contribution in [0.1, 0.15) is 37.8 Å². The molecule has 1 aromatic carbocycles. The van der Waals surface area contributed by atoms with Crippen molar-refractivity contribution in [2.75, 3.05) is 13.2 Å². The molecule has 1 saturated carbocycles. The Morgan fingerprint density at radius 2 is 1.83 bits per heavy atom. The molecule has 2 fully saturated rings. The number of sulfone groups is 1. The monoisotopic (exact) mass is 431 g/mol. The van der Waals surface area contributed by atoms with Gasteiger partial charge in [0.2, 0.25) is 0 Å². The smallest absolute Gasteiger partial charge is 0.265 e. The molecule has 8 nitrogen and oxygen atoms in total. The molecule has 30 heavy (non-hydrogen) atoms. The van der Waals surface area contributed by atoms with Crippen LogP contribution < -0.4 is 5.48 Å². The highest BCUT2D eigenvalue weighted by Gasteiger charge is 2.52. The molecule has 2 aliphatic rings. The lowest BCUT2D eigenvalue weighted by Crippen LogP contribution is -2.54. The number of rotatable bonds is 7. The fraction of sp³-hybridized carbons (Fsp3) is 0.476. The maximum absolute atomic E-state index is 13.3. The summed E-state index contributed by atoms with van der Waals surface area (Å²) in [6.45, 7) is 0.265. The van der Waals surface area contributed by atoms with E-state index in [2.05, 4.69) is 9.97 Å². The number of carbonyl (C=O) groups excluding carboxylic acids is 1. The second-order valence-corrected chi connectivity index (χ2v) is 10.2. The van der Waals surface area contributed by atoms with E-state index in [0.717, 1.165) is 30.0 Å². The highest BCUT2D eigenvalue weighted by atomic mass is 32.2. The zero-order valence-electron chi connectivity index (χ0n) is 16.6. The minimum absolute atomic E-state index is 0.0166. The molecule has 1 aliphatic carbocycles. The summed E-state index contributed by atoms with van der Waals surface area (Å²) in [7, 11) is -4.04. The van der Waals surface area contributed by atoms with Crippen LogP contribution in [-0.4, -0.2) is 47.5 Å². The molecule has 0 atom stereocenters. The van der Waals surface area contributed by atoms with Gasteiger partial charge in [0.1, 0.15) is 0 Å². The van der Waals surface area contributed by atoms with Crippen LogP contribution in [0.4, 0.5) is 0 Å². The van der Waals surface area contributed by atoms with Crippen molar-refractivity contribution >= 4 is 15.7 Å². The molecular formula is C21H25N3O5S. The van der Waals surface area contributed by atoms with Gasteiger partial charge in [-0.3, -0.25) is 20.0 Å². The Morgan fingerprint density at radius 3 is 2.40 bits per heavy atom. The Bertz CT molecular complexity index is 996. The summed E-state index contributed by atoms with van der Waals surface area (Å²) in [6, 6.07) is 6.25. The number of nitrogens with zero attached hydrogens (tertiary/aromatic N) is 2. The maximum atomic E-state index is 13.3. The Balaban J connectivity index is 1.55. The molecule has 0 unspecified atom stereocenters. The third-order valence-corrected chi connectivity index (χ3v) is 8.52. The van der Waals surface area contributed by atoms with Crippen molar-refractivity contribution < 1.29 is 23.2 Å². The largest absolute Gasteiger partial charge is 0.381 e. The van der Waals surface area contributed by atoms with Gasteiger partial charge in [-0.15, -0.1) is 0 Å². The average Bonchev–Trinajstić information content (AvgIpc) is 3.62. The van der Waals surface area contributed by atoms with Gasteiger partial charge >= 0.3 is 0 Å². The van der Waals surface area contributed by atoms with Gasteiger partial charge in [0.15, 0.2) is 14.6 Å². The number of nitrogens with one attached hydrogen (secondary N) is 1. The van der Waals surface area contributed by atoms with Crippen molar-refractivity contribution in [3.63, 3.8) is 0 Å². The second-order valence-electron chi connectivity index (χ2n) is 7.95.